The van der Waals surface area contributed by atoms with Crippen molar-refractivity contribution in [2.24, 2.45) is 17.3 Å². The topological polar surface area (TPSA) is 29.1 Å². The molecule has 60 valence electrons. The molecule has 0 unspecified atom stereocenters. The summed E-state index contributed by atoms with van der Waals surface area (Å²) in [5.74, 6) is 1.68. The van der Waals surface area contributed by atoms with Crippen LogP contribution in [0.15, 0.2) is 0 Å². The summed E-state index contributed by atoms with van der Waals surface area (Å²) < 4.78 is 0. The average Bonchev–Trinajstić information content (AvgIpc) is 2.67. The maximum Gasteiger partial charge on any atom is 0.223 e. The summed E-state index contributed by atoms with van der Waals surface area (Å²) >= 11 is 0. The lowest BCUT2D eigenvalue weighted by Crippen LogP contribution is -2.58. The highest BCUT2D eigenvalue weighted by atomic mass is 16.2. The van der Waals surface area contributed by atoms with E-state index in [1.165, 1.54) is 25.7 Å². The Kier molecular flexibility index (Phi) is 0.890. The Morgan fingerprint density at radius 2 is 2.09 bits per heavy atom. The molecule has 1 N–H and O–H groups in total. The lowest BCUT2D eigenvalue weighted by molar-refractivity contribution is -0.142. The molecule has 0 atom stereocenters. The number of amides is 1. The number of hydrogen-bond donors (Lipinski definition) is 1. The zero-order valence-corrected chi connectivity index (χ0v) is 6.60. The second-order valence-corrected chi connectivity index (χ2v) is 4.46. The van der Waals surface area contributed by atoms with Gasteiger partial charge in [0, 0.05) is 12.5 Å². The van der Waals surface area contributed by atoms with E-state index in [0.29, 0.717) is 17.2 Å². The molecule has 4 aliphatic rings. The Bertz CT molecular complexity index is 208. The van der Waals surface area contributed by atoms with Crippen LogP contribution in [-0.2, 0) is 4.79 Å². The van der Waals surface area contributed by atoms with E-state index in [9.17, 15) is 4.79 Å². The highest BCUT2D eigenvalue weighted by Crippen LogP contribution is 2.60. The molecular formula is C9H13NO. The third-order valence-corrected chi connectivity index (χ3v) is 3.73. The normalized spacial score (nSPS) is 48.0. The van der Waals surface area contributed by atoms with Gasteiger partial charge < -0.3 is 5.32 Å². The third-order valence-electron chi connectivity index (χ3n) is 3.73. The second-order valence-electron chi connectivity index (χ2n) is 4.46. The van der Waals surface area contributed by atoms with Crippen LogP contribution in [0.3, 0.4) is 0 Å². The number of fused-ring (bicyclic) bond motifs is 2. The first kappa shape index (κ1) is 6.04. The minimum Gasteiger partial charge on any atom is -0.355 e. The molecule has 0 aromatic rings. The fraction of sp³-hybridized carbons (Fsp3) is 0.889. The summed E-state index contributed by atoms with van der Waals surface area (Å²) in [4.78, 5) is 11.1. The Balaban J connectivity index is 1.81. The highest BCUT2D eigenvalue weighted by molar-refractivity contribution is 5.81. The van der Waals surface area contributed by atoms with Gasteiger partial charge in [0.25, 0.3) is 0 Å². The number of piperidine rings is 2. The molecule has 2 heterocycles. The summed E-state index contributed by atoms with van der Waals surface area (Å²) in [6.07, 6.45) is 5.23. The summed E-state index contributed by atoms with van der Waals surface area (Å²) in [6.45, 7) is 0.979. The van der Waals surface area contributed by atoms with E-state index < -0.39 is 0 Å². The van der Waals surface area contributed by atoms with Crippen molar-refractivity contribution >= 4 is 5.91 Å². The van der Waals surface area contributed by atoms with Crippen LogP contribution < -0.4 is 5.32 Å². The lowest BCUT2D eigenvalue weighted by Gasteiger charge is -2.52. The van der Waals surface area contributed by atoms with Gasteiger partial charge in [-0.25, -0.2) is 0 Å². The van der Waals surface area contributed by atoms with Crippen molar-refractivity contribution in [3.05, 3.63) is 0 Å². The van der Waals surface area contributed by atoms with Gasteiger partial charge >= 0.3 is 0 Å². The van der Waals surface area contributed by atoms with Gasteiger partial charge in [-0.3, -0.25) is 4.79 Å². The zero-order valence-electron chi connectivity index (χ0n) is 6.60. The molecule has 0 radical (unpaired) electrons. The van der Waals surface area contributed by atoms with E-state index in [4.69, 9.17) is 0 Å². The first-order chi connectivity index (χ1) is 5.30. The van der Waals surface area contributed by atoms with Gasteiger partial charge in [-0.2, -0.15) is 0 Å². The molecular weight excluding hydrogens is 138 g/mol. The Morgan fingerprint density at radius 1 is 1.36 bits per heavy atom. The van der Waals surface area contributed by atoms with Crippen molar-refractivity contribution in [1.29, 1.82) is 0 Å². The number of carbonyl (C=O) groups is 1. The second kappa shape index (κ2) is 1.62. The number of rotatable bonds is 1. The van der Waals surface area contributed by atoms with Crippen LogP contribution in [0.25, 0.3) is 0 Å². The minimum absolute atomic E-state index is 0.313. The zero-order chi connectivity index (χ0) is 7.47. The Morgan fingerprint density at radius 3 is 2.55 bits per heavy atom. The molecule has 0 aromatic heterocycles. The quantitative estimate of drug-likeness (QED) is 0.593. The van der Waals surface area contributed by atoms with Crippen molar-refractivity contribution in [1.82, 2.24) is 5.32 Å². The molecule has 2 aliphatic heterocycles. The summed E-state index contributed by atoms with van der Waals surface area (Å²) in [6, 6.07) is 0. The van der Waals surface area contributed by atoms with Gasteiger partial charge in [-0.05, 0) is 37.0 Å². The van der Waals surface area contributed by atoms with Crippen molar-refractivity contribution < 1.29 is 4.79 Å². The fourth-order valence-electron chi connectivity index (χ4n) is 2.83. The van der Waals surface area contributed by atoms with Crippen LogP contribution in [0.5, 0.6) is 0 Å². The third kappa shape index (κ3) is 0.652. The van der Waals surface area contributed by atoms with E-state index in [-0.39, 0.29) is 0 Å². The van der Waals surface area contributed by atoms with Crippen molar-refractivity contribution in [3.63, 3.8) is 0 Å². The van der Waals surface area contributed by atoms with Crippen molar-refractivity contribution in [2.75, 3.05) is 6.54 Å². The van der Waals surface area contributed by atoms with Gasteiger partial charge in [0.15, 0.2) is 0 Å². The summed E-state index contributed by atoms with van der Waals surface area (Å²) in [5.41, 5.74) is 0.582. The van der Waals surface area contributed by atoms with E-state index in [0.717, 1.165) is 12.5 Å². The van der Waals surface area contributed by atoms with E-state index in [1.54, 1.807) is 0 Å². The van der Waals surface area contributed by atoms with Crippen LogP contribution in [0.2, 0.25) is 0 Å². The molecule has 0 spiro atoms. The van der Waals surface area contributed by atoms with Crippen LogP contribution in [0.4, 0.5) is 0 Å². The first-order valence-corrected chi connectivity index (χ1v) is 4.58. The number of hydrogen-bond acceptors (Lipinski definition) is 1. The summed E-state index contributed by atoms with van der Waals surface area (Å²) in [5, 5.41) is 3.00. The number of nitrogens with one attached hydrogen (secondary N) is 1. The Labute approximate surface area is 66.4 Å². The molecule has 2 saturated heterocycles. The molecule has 4 rings (SSSR count). The first-order valence-electron chi connectivity index (χ1n) is 4.58. The predicted molar refractivity (Wildman–Crippen MR) is 40.9 cm³/mol. The van der Waals surface area contributed by atoms with Crippen LogP contribution in [0.1, 0.15) is 25.7 Å². The van der Waals surface area contributed by atoms with Crippen molar-refractivity contribution in [3.8, 4) is 0 Å². The fourth-order valence-corrected chi connectivity index (χ4v) is 2.83. The van der Waals surface area contributed by atoms with E-state index in [1.807, 2.05) is 0 Å². The monoisotopic (exact) mass is 151 g/mol. The van der Waals surface area contributed by atoms with Gasteiger partial charge in [0.1, 0.15) is 0 Å². The minimum atomic E-state index is 0.313. The molecule has 4 fully saturated rings. The van der Waals surface area contributed by atoms with Crippen molar-refractivity contribution in [2.45, 2.75) is 25.7 Å². The molecule has 2 saturated carbocycles. The molecule has 2 heteroatoms. The van der Waals surface area contributed by atoms with Crippen LogP contribution >= 0.6 is 0 Å². The van der Waals surface area contributed by atoms with Gasteiger partial charge in [0.05, 0.1) is 0 Å². The van der Waals surface area contributed by atoms with E-state index >= 15 is 0 Å². The van der Waals surface area contributed by atoms with Crippen LogP contribution in [0, 0.1) is 17.3 Å². The average molecular weight is 151 g/mol. The number of carbonyl (C=O) groups excluding carboxylic acids is 1. The SMILES string of the molecule is O=C1NCC2(C3CC3)CC1C2. The predicted octanol–water partition coefficient (Wildman–Crippen LogP) is 0.923. The lowest BCUT2D eigenvalue weighted by atomic mass is 9.56. The standard InChI is InChI=1S/C9H13NO/c11-8-6-3-9(4-6,5-10-8)7-1-2-7/h6-7H,1-5H2,(H,10,11). The largest absolute Gasteiger partial charge is 0.355 e. The summed E-state index contributed by atoms with van der Waals surface area (Å²) in [7, 11) is 0. The molecule has 2 aliphatic carbocycles. The maximum atomic E-state index is 11.1. The Hall–Kier alpha value is -0.530. The van der Waals surface area contributed by atoms with Gasteiger partial charge in [0.2, 0.25) is 5.91 Å². The van der Waals surface area contributed by atoms with E-state index in [2.05, 4.69) is 5.32 Å². The van der Waals surface area contributed by atoms with Crippen LogP contribution in [-0.4, -0.2) is 12.5 Å². The van der Waals surface area contributed by atoms with Gasteiger partial charge in [-0.15, -0.1) is 0 Å². The molecule has 11 heavy (non-hydrogen) atoms. The molecule has 1 amide bonds. The maximum absolute atomic E-state index is 11.1. The highest BCUT2D eigenvalue weighted by Gasteiger charge is 2.58. The molecule has 2 nitrogen and oxygen atoms in total. The molecule has 2 bridgehead atoms. The molecule has 0 aromatic carbocycles. The van der Waals surface area contributed by atoms with Gasteiger partial charge in [-0.1, -0.05) is 0 Å². The smallest absolute Gasteiger partial charge is 0.223 e.